The number of rotatable bonds is 8. The van der Waals surface area contributed by atoms with Crippen LogP contribution >= 0.6 is 22.9 Å². The molecule has 35 heavy (non-hydrogen) atoms. The molecule has 1 atom stereocenters. The summed E-state index contributed by atoms with van der Waals surface area (Å²) in [6.45, 7) is 2.22. The molecule has 4 aromatic heterocycles. The van der Waals surface area contributed by atoms with Crippen molar-refractivity contribution in [2.45, 2.75) is 25.6 Å². The molecule has 0 saturated heterocycles. The summed E-state index contributed by atoms with van der Waals surface area (Å²) in [5, 5.41) is 8.09. The van der Waals surface area contributed by atoms with E-state index < -0.39 is 11.2 Å². The number of ether oxygens (including phenoxy) is 1. The lowest BCUT2D eigenvalue weighted by Crippen LogP contribution is -2.19. The van der Waals surface area contributed by atoms with Crippen molar-refractivity contribution in [2.24, 2.45) is 7.05 Å². The second kappa shape index (κ2) is 10.0. The van der Waals surface area contributed by atoms with Crippen LogP contribution in [0, 0.1) is 0 Å². The van der Waals surface area contributed by atoms with Crippen molar-refractivity contribution in [3.05, 3.63) is 46.3 Å². The molecular formula is C21H20ClF3N8OS. The van der Waals surface area contributed by atoms with Crippen LogP contribution < -0.4 is 15.8 Å². The van der Waals surface area contributed by atoms with E-state index in [0.29, 0.717) is 58.7 Å². The predicted octanol–water partition coefficient (Wildman–Crippen LogP) is 4.92. The Bertz CT molecular complexity index is 1330. The number of nitrogens with two attached hydrogens (primary N) is 1. The van der Waals surface area contributed by atoms with Gasteiger partial charge in [-0.05, 0) is 19.1 Å². The van der Waals surface area contributed by atoms with Gasteiger partial charge in [-0.2, -0.15) is 18.3 Å². The van der Waals surface area contributed by atoms with Gasteiger partial charge in [-0.25, -0.2) is 24.6 Å². The Kier molecular flexibility index (Phi) is 7.08. The van der Waals surface area contributed by atoms with Gasteiger partial charge in [-0.15, -0.1) is 11.3 Å². The van der Waals surface area contributed by atoms with Crippen molar-refractivity contribution in [3.8, 4) is 28.5 Å². The molecule has 0 bridgehead atoms. The lowest BCUT2D eigenvalue weighted by atomic mass is 10.1. The van der Waals surface area contributed by atoms with E-state index in [9.17, 15) is 13.2 Å². The average molecular weight is 525 g/mol. The van der Waals surface area contributed by atoms with E-state index in [1.165, 1.54) is 11.6 Å². The van der Waals surface area contributed by atoms with E-state index in [0.717, 1.165) is 0 Å². The molecule has 0 saturated carbocycles. The number of halogens is 4. The second-order valence-electron chi connectivity index (χ2n) is 7.56. The van der Waals surface area contributed by atoms with E-state index in [1.807, 2.05) is 6.92 Å². The number of nitrogens with zero attached hydrogens (tertiary/aromatic N) is 6. The second-order valence-corrected chi connectivity index (χ2v) is 8.81. The van der Waals surface area contributed by atoms with E-state index in [1.54, 1.807) is 36.3 Å². The number of aryl methyl sites for hydroxylation is 1. The number of pyridine rings is 1. The summed E-state index contributed by atoms with van der Waals surface area (Å²) < 4.78 is 46.5. The van der Waals surface area contributed by atoms with Crippen molar-refractivity contribution in [3.63, 3.8) is 0 Å². The van der Waals surface area contributed by atoms with Crippen LogP contribution in [0.4, 0.5) is 24.7 Å². The average Bonchev–Trinajstić information content (AvgIpc) is 3.42. The zero-order valence-corrected chi connectivity index (χ0v) is 20.1. The molecule has 4 aromatic rings. The molecule has 0 aromatic carbocycles. The minimum Gasteiger partial charge on any atom is -0.477 e. The van der Waals surface area contributed by atoms with Crippen molar-refractivity contribution in [2.75, 3.05) is 17.7 Å². The molecule has 0 aliphatic heterocycles. The highest BCUT2D eigenvalue weighted by molar-refractivity contribution is 7.10. The number of nitrogen functional groups attached to an aromatic ring is 1. The van der Waals surface area contributed by atoms with Crippen LogP contribution in [0.25, 0.3) is 22.6 Å². The van der Waals surface area contributed by atoms with Gasteiger partial charge >= 0.3 is 6.18 Å². The highest BCUT2D eigenvalue weighted by Crippen LogP contribution is 2.37. The van der Waals surface area contributed by atoms with Crippen LogP contribution in [0.3, 0.4) is 0 Å². The number of alkyl halides is 3. The first-order chi connectivity index (χ1) is 16.6. The minimum absolute atomic E-state index is 0.131. The van der Waals surface area contributed by atoms with Crippen LogP contribution in [0.15, 0.2) is 36.1 Å². The van der Waals surface area contributed by atoms with Crippen molar-refractivity contribution in [1.82, 2.24) is 29.7 Å². The Morgan fingerprint density at radius 1 is 1.23 bits per heavy atom. The SMILES string of the molecule is C[C@H](CCOc1c(-c2nccc(N)n2)cnn1C)Nc1cc(Cl)ncc1-c1csc(C(F)(F)F)n1. The number of aromatic nitrogens is 6. The topological polar surface area (TPSA) is 117 Å². The summed E-state index contributed by atoms with van der Waals surface area (Å²) in [5.74, 6) is 1.21. The molecule has 4 heterocycles. The number of anilines is 2. The first kappa shape index (κ1) is 24.7. The minimum atomic E-state index is -4.51. The molecule has 3 N–H and O–H groups in total. The predicted molar refractivity (Wildman–Crippen MR) is 127 cm³/mol. The zero-order valence-electron chi connectivity index (χ0n) is 18.5. The third-order valence-electron chi connectivity index (χ3n) is 4.89. The van der Waals surface area contributed by atoms with Crippen LogP contribution in [0.5, 0.6) is 5.88 Å². The van der Waals surface area contributed by atoms with Gasteiger partial charge in [0, 0.05) is 48.5 Å². The summed E-state index contributed by atoms with van der Waals surface area (Å²) in [7, 11) is 1.74. The maximum absolute atomic E-state index is 13.0. The van der Waals surface area contributed by atoms with Crippen molar-refractivity contribution < 1.29 is 17.9 Å². The highest BCUT2D eigenvalue weighted by Gasteiger charge is 2.35. The number of hydrogen-bond acceptors (Lipinski definition) is 9. The highest BCUT2D eigenvalue weighted by atomic mass is 35.5. The molecule has 0 spiro atoms. The molecule has 0 radical (unpaired) electrons. The molecule has 0 aliphatic carbocycles. The molecule has 0 unspecified atom stereocenters. The molecule has 184 valence electrons. The Balaban J connectivity index is 1.44. The van der Waals surface area contributed by atoms with Crippen molar-refractivity contribution in [1.29, 1.82) is 0 Å². The smallest absolute Gasteiger partial charge is 0.443 e. The van der Waals surface area contributed by atoms with Crippen LogP contribution in [-0.4, -0.2) is 42.4 Å². The third-order valence-corrected chi connectivity index (χ3v) is 5.98. The maximum atomic E-state index is 13.0. The summed E-state index contributed by atoms with van der Waals surface area (Å²) in [5.41, 5.74) is 7.46. The fourth-order valence-electron chi connectivity index (χ4n) is 3.20. The zero-order chi connectivity index (χ0) is 25.2. The lowest BCUT2D eigenvalue weighted by Gasteiger charge is -2.18. The van der Waals surface area contributed by atoms with Gasteiger partial charge in [0.2, 0.25) is 5.88 Å². The maximum Gasteiger partial charge on any atom is 0.443 e. The van der Waals surface area contributed by atoms with Gasteiger partial charge in [0.05, 0.1) is 18.5 Å². The largest absolute Gasteiger partial charge is 0.477 e. The Labute approximate surface area is 207 Å². The quantitative estimate of drug-likeness (QED) is 0.312. The van der Waals surface area contributed by atoms with E-state index in [4.69, 9.17) is 22.1 Å². The molecule has 0 fully saturated rings. The van der Waals surface area contributed by atoms with Gasteiger partial charge in [0.15, 0.2) is 10.8 Å². The summed E-state index contributed by atoms with van der Waals surface area (Å²) in [6.07, 6.45) is 0.587. The summed E-state index contributed by atoms with van der Waals surface area (Å²) >= 11 is 6.56. The van der Waals surface area contributed by atoms with Gasteiger partial charge < -0.3 is 15.8 Å². The van der Waals surface area contributed by atoms with Gasteiger partial charge in [0.25, 0.3) is 0 Å². The molecule has 9 nitrogen and oxygen atoms in total. The van der Waals surface area contributed by atoms with E-state index in [-0.39, 0.29) is 16.9 Å². The summed E-state index contributed by atoms with van der Waals surface area (Å²) in [4.78, 5) is 16.1. The van der Waals surface area contributed by atoms with Crippen molar-refractivity contribution >= 4 is 34.4 Å². The van der Waals surface area contributed by atoms with E-state index in [2.05, 4.69) is 30.4 Å². The fraction of sp³-hybridized carbons (Fsp3) is 0.286. The van der Waals surface area contributed by atoms with Crippen LogP contribution in [0.2, 0.25) is 5.15 Å². The Morgan fingerprint density at radius 3 is 2.74 bits per heavy atom. The summed E-state index contributed by atoms with van der Waals surface area (Å²) in [6, 6.07) is 3.01. The fourth-order valence-corrected chi connectivity index (χ4v) is 4.05. The first-order valence-corrected chi connectivity index (χ1v) is 11.6. The monoisotopic (exact) mass is 524 g/mol. The van der Waals surface area contributed by atoms with Crippen LogP contribution in [-0.2, 0) is 13.2 Å². The lowest BCUT2D eigenvalue weighted by molar-refractivity contribution is -0.137. The van der Waals surface area contributed by atoms with Gasteiger partial charge in [0.1, 0.15) is 16.5 Å². The Morgan fingerprint density at radius 2 is 2.03 bits per heavy atom. The Hall–Kier alpha value is -3.45. The van der Waals surface area contributed by atoms with E-state index >= 15 is 0 Å². The number of nitrogens with one attached hydrogen (secondary N) is 1. The molecule has 0 amide bonds. The molecule has 0 aliphatic rings. The normalized spacial score (nSPS) is 12.5. The molecule has 14 heteroatoms. The standard InChI is InChI=1S/C21H20ClF3N8OS/c1-11(4-6-34-19-13(9-29-33(19)2)18-27-5-3-17(26)32-18)30-14-7-16(22)28-8-12(14)15-10-35-20(31-15)21(23,24)25/h3,5,7-11H,4,6H2,1-2H3,(H,28,30)(H2,26,27,32)/t11-/m1/s1. The number of thiazole rings is 1. The van der Waals surface area contributed by atoms with Gasteiger partial charge in [-0.1, -0.05) is 11.6 Å². The number of hydrogen-bond donors (Lipinski definition) is 2. The van der Waals surface area contributed by atoms with Gasteiger partial charge in [-0.3, -0.25) is 0 Å². The molecular weight excluding hydrogens is 505 g/mol. The first-order valence-electron chi connectivity index (χ1n) is 10.3. The molecule has 4 rings (SSSR count). The van der Waals surface area contributed by atoms with Crippen LogP contribution in [0.1, 0.15) is 18.4 Å². The third kappa shape index (κ3) is 5.80.